The largest absolute Gasteiger partial charge is 0.454 e. The first kappa shape index (κ1) is 12.2. The highest BCUT2D eigenvalue weighted by Gasteiger charge is 2.52. The van der Waals surface area contributed by atoms with E-state index in [4.69, 9.17) is 4.74 Å². The number of aliphatic hydroxyl groups is 1. The number of esters is 1. The Kier molecular flexibility index (Phi) is 2.60. The second-order valence-electron chi connectivity index (χ2n) is 6.59. The first-order valence-electron chi connectivity index (χ1n) is 7.02. The topological polar surface area (TPSA) is 46.5 Å². The number of carbonyl (C=O) groups is 1. The Labute approximate surface area is 108 Å². The molecule has 0 radical (unpaired) electrons. The number of fused-ring (bicyclic) bond motifs is 2. The number of carbonyl (C=O) groups excluding carboxylic acids is 1. The zero-order valence-corrected chi connectivity index (χ0v) is 11.4. The van der Waals surface area contributed by atoms with Gasteiger partial charge in [0, 0.05) is 5.57 Å². The molecule has 0 amide bonds. The Morgan fingerprint density at radius 2 is 2.11 bits per heavy atom. The van der Waals surface area contributed by atoms with Crippen LogP contribution in [0.1, 0.15) is 46.5 Å². The van der Waals surface area contributed by atoms with Gasteiger partial charge in [-0.1, -0.05) is 13.8 Å². The third-order valence-corrected chi connectivity index (χ3v) is 5.86. The van der Waals surface area contributed by atoms with Crippen molar-refractivity contribution in [2.24, 2.45) is 17.3 Å². The Balaban J connectivity index is 1.96. The zero-order chi connectivity index (χ0) is 13.1. The van der Waals surface area contributed by atoms with Gasteiger partial charge in [-0.2, -0.15) is 0 Å². The lowest BCUT2D eigenvalue weighted by atomic mass is 9.53. The van der Waals surface area contributed by atoms with Crippen molar-refractivity contribution in [2.45, 2.75) is 58.7 Å². The van der Waals surface area contributed by atoms with Crippen LogP contribution in [0.4, 0.5) is 0 Å². The maximum atomic E-state index is 11.7. The van der Waals surface area contributed by atoms with Crippen molar-refractivity contribution in [1.29, 1.82) is 0 Å². The van der Waals surface area contributed by atoms with E-state index in [1.165, 1.54) is 5.57 Å². The van der Waals surface area contributed by atoms with E-state index < -0.39 is 0 Å². The lowest BCUT2D eigenvalue weighted by molar-refractivity contribution is -0.143. The van der Waals surface area contributed by atoms with Gasteiger partial charge in [0.25, 0.3) is 0 Å². The minimum atomic E-state index is -0.193. The van der Waals surface area contributed by atoms with Gasteiger partial charge in [0.2, 0.25) is 0 Å². The van der Waals surface area contributed by atoms with Gasteiger partial charge in [-0.05, 0) is 55.4 Å². The summed E-state index contributed by atoms with van der Waals surface area (Å²) in [7, 11) is 0. The molecular weight excluding hydrogens is 228 g/mol. The smallest absolute Gasteiger partial charge is 0.334 e. The van der Waals surface area contributed by atoms with Gasteiger partial charge < -0.3 is 9.84 Å². The molecule has 0 aromatic carbocycles. The van der Waals surface area contributed by atoms with Crippen molar-refractivity contribution in [3.05, 3.63) is 11.1 Å². The van der Waals surface area contributed by atoms with E-state index in [-0.39, 0.29) is 23.6 Å². The highest BCUT2D eigenvalue weighted by Crippen LogP contribution is 2.56. The average Bonchev–Trinajstić information content (AvgIpc) is 2.60. The van der Waals surface area contributed by atoms with E-state index >= 15 is 0 Å². The molecule has 0 bridgehead atoms. The van der Waals surface area contributed by atoms with Crippen molar-refractivity contribution in [2.75, 3.05) is 0 Å². The molecule has 0 unspecified atom stereocenters. The molecule has 2 aliphatic carbocycles. The van der Waals surface area contributed by atoms with E-state index in [1.54, 1.807) is 0 Å². The lowest BCUT2D eigenvalue weighted by Crippen LogP contribution is -2.49. The van der Waals surface area contributed by atoms with E-state index in [9.17, 15) is 9.90 Å². The predicted octanol–water partition coefficient (Wildman–Crippen LogP) is 2.44. The Morgan fingerprint density at radius 1 is 1.39 bits per heavy atom. The molecule has 3 rings (SSSR count). The number of rotatable bonds is 0. The quantitative estimate of drug-likeness (QED) is 0.672. The number of hydrogen-bond acceptors (Lipinski definition) is 3. The Morgan fingerprint density at radius 3 is 2.83 bits per heavy atom. The first-order chi connectivity index (χ1) is 8.43. The molecule has 0 aromatic heterocycles. The third kappa shape index (κ3) is 1.49. The summed E-state index contributed by atoms with van der Waals surface area (Å²) in [6.07, 6.45) is 3.65. The molecule has 3 nitrogen and oxygen atoms in total. The normalized spacial score (nSPS) is 47.7. The van der Waals surface area contributed by atoms with Gasteiger partial charge in [0.1, 0.15) is 6.10 Å². The van der Waals surface area contributed by atoms with E-state index in [0.717, 1.165) is 31.3 Å². The van der Waals surface area contributed by atoms with Crippen LogP contribution in [-0.2, 0) is 9.53 Å². The van der Waals surface area contributed by atoms with Crippen LogP contribution in [-0.4, -0.2) is 23.3 Å². The second kappa shape index (κ2) is 3.83. The van der Waals surface area contributed by atoms with Gasteiger partial charge in [-0.3, -0.25) is 0 Å². The monoisotopic (exact) mass is 250 g/mol. The molecule has 100 valence electrons. The van der Waals surface area contributed by atoms with Crippen LogP contribution in [0.2, 0.25) is 0 Å². The van der Waals surface area contributed by atoms with Crippen LogP contribution in [0.3, 0.4) is 0 Å². The first-order valence-corrected chi connectivity index (χ1v) is 7.02. The number of ether oxygens (including phenoxy) is 1. The summed E-state index contributed by atoms with van der Waals surface area (Å²) in [4.78, 5) is 11.7. The second-order valence-corrected chi connectivity index (χ2v) is 6.59. The predicted molar refractivity (Wildman–Crippen MR) is 67.8 cm³/mol. The van der Waals surface area contributed by atoms with Gasteiger partial charge in [0.05, 0.1) is 6.10 Å². The molecule has 0 aromatic rings. The molecular formula is C15H22O3. The van der Waals surface area contributed by atoms with Crippen LogP contribution in [0.15, 0.2) is 11.1 Å². The maximum Gasteiger partial charge on any atom is 0.334 e. The molecule has 0 spiro atoms. The minimum absolute atomic E-state index is 0.0259. The number of aliphatic hydroxyl groups excluding tert-OH is 1. The average molecular weight is 250 g/mol. The molecule has 1 aliphatic heterocycles. The van der Waals surface area contributed by atoms with E-state index in [2.05, 4.69) is 13.8 Å². The summed E-state index contributed by atoms with van der Waals surface area (Å²) in [5.41, 5.74) is 2.13. The molecule has 1 N–H and O–H groups in total. The minimum Gasteiger partial charge on any atom is -0.454 e. The van der Waals surface area contributed by atoms with Gasteiger partial charge >= 0.3 is 5.97 Å². The molecule has 5 atom stereocenters. The standard InChI is InChI=1S/C15H22O3/c1-8-11-7-15(3)9(2)12(16)5-4-10(15)6-13(11)18-14(8)17/h9-10,12-13,16H,4-7H2,1-3H3/t9-,10-,12+,13+,15+/m0/s1. The Hall–Kier alpha value is -0.830. The summed E-state index contributed by atoms with van der Waals surface area (Å²) < 4.78 is 5.46. The van der Waals surface area contributed by atoms with Gasteiger partial charge in [-0.15, -0.1) is 0 Å². The van der Waals surface area contributed by atoms with Crippen molar-refractivity contribution in [3.8, 4) is 0 Å². The molecule has 3 aliphatic rings. The fraction of sp³-hybridized carbons (Fsp3) is 0.800. The summed E-state index contributed by atoms with van der Waals surface area (Å²) in [6, 6.07) is 0. The van der Waals surface area contributed by atoms with Crippen molar-refractivity contribution >= 4 is 5.97 Å². The zero-order valence-electron chi connectivity index (χ0n) is 11.4. The van der Waals surface area contributed by atoms with Crippen molar-refractivity contribution in [1.82, 2.24) is 0 Å². The molecule has 18 heavy (non-hydrogen) atoms. The molecule has 2 fully saturated rings. The molecule has 0 saturated heterocycles. The maximum absolute atomic E-state index is 11.7. The molecule has 3 heteroatoms. The van der Waals surface area contributed by atoms with Crippen LogP contribution < -0.4 is 0 Å². The van der Waals surface area contributed by atoms with Crippen LogP contribution in [0, 0.1) is 17.3 Å². The summed E-state index contributed by atoms with van der Waals surface area (Å²) in [5, 5.41) is 10.1. The highest BCUT2D eigenvalue weighted by atomic mass is 16.5. The van der Waals surface area contributed by atoms with Crippen LogP contribution in [0.25, 0.3) is 0 Å². The summed E-state index contributed by atoms with van der Waals surface area (Å²) in [6.45, 7) is 6.32. The van der Waals surface area contributed by atoms with E-state index in [1.807, 2.05) is 6.92 Å². The highest BCUT2D eigenvalue weighted by molar-refractivity contribution is 5.91. The molecule has 2 saturated carbocycles. The fourth-order valence-corrected chi connectivity index (χ4v) is 4.22. The van der Waals surface area contributed by atoms with Crippen molar-refractivity contribution in [3.63, 3.8) is 0 Å². The SMILES string of the molecule is CC1=C2C[C@@]3(C)[C@@H](CC[C@@H](O)[C@@H]3C)C[C@H]2OC1=O. The Bertz CT molecular complexity index is 425. The third-order valence-electron chi connectivity index (χ3n) is 5.86. The molecule has 1 heterocycles. The number of hydrogen-bond donors (Lipinski definition) is 1. The lowest BCUT2D eigenvalue weighted by Gasteiger charge is -2.52. The van der Waals surface area contributed by atoms with Crippen LogP contribution in [0.5, 0.6) is 0 Å². The van der Waals surface area contributed by atoms with Gasteiger partial charge in [0.15, 0.2) is 0 Å². The van der Waals surface area contributed by atoms with E-state index in [0.29, 0.717) is 11.8 Å². The summed E-state index contributed by atoms with van der Waals surface area (Å²) in [5.74, 6) is 0.738. The fourth-order valence-electron chi connectivity index (χ4n) is 4.22. The van der Waals surface area contributed by atoms with Crippen molar-refractivity contribution < 1.29 is 14.6 Å². The van der Waals surface area contributed by atoms with Gasteiger partial charge in [-0.25, -0.2) is 4.79 Å². The summed E-state index contributed by atoms with van der Waals surface area (Å²) >= 11 is 0. The van der Waals surface area contributed by atoms with Crippen LogP contribution >= 0.6 is 0 Å².